The van der Waals surface area contributed by atoms with Gasteiger partial charge in [0.05, 0.1) is 12.6 Å². The fourth-order valence-corrected chi connectivity index (χ4v) is 3.31. The number of nitrogens with zero attached hydrogens (tertiary/aromatic N) is 2. The van der Waals surface area contributed by atoms with Crippen molar-refractivity contribution in [2.24, 2.45) is 0 Å². The van der Waals surface area contributed by atoms with E-state index in [1.807, 2.05) is 6.92 Å². The Hall–Kier alpha value is -1.40. The van der Waals surface area contributed by atoms with Gasteiger partial charge in [-0.1, -0.05) is 18.9 Å². The van der Waals surface area contributed by atoms with E-state index in [1.54, 1.807) is 6.08 Å². The predicted octanol–water partition coefficient (Wildman–Crippen LogP) is 0.354. The molecule has 2 fully saturated rings. The van der Waals surface area contributed by atoms with Gasteiger partial charge in [-0.2, -0.15) is 0 Å². The van der Waals surface area contributed by atoms with Crippen molar-refractivity contribution in [1.29, 1.82) is 0 Å². The summed E-state index contributed by atoms with van der Waals surface area (Å²) in [6.45, 7) is 9.80. The van der Waals surface area contributed by atoms with Crippen molar-refractivity contribution < 1.29 is 9.59 Å². The molecule has 1 unspecified atom stereocenters. The van der Waals surface area contributed by atoms with Crippen LogP contribution in [0.1, 0.15) is 32.6 Å². The van der Waals surface area contributed by atoms with Gasteiger partial charge in [0, 0.05) is 38.8 Å². The third-order valence-corrected chi connectivity index (χ3v) is 4.85. The lowest BCUT2D eigenvalue weighted by Gasteiger charge is -2.37. The minimum absolute atomic E-state index is 0.0328. The molecule has 0 spiro atoms. The quantitative estimate of drug-likeness (QED) is 0.664. The summed E-state index contributed by atoms with van der Waals surface area (Å²) in [7, 11) is 0. The molecule has 1 saturated carbocycles. The zero-order chi connectivity index (χ0) is 16.7. The van der Waals surface area contributed by atoms with Crippen LogP contribution in [0.3, 0.4) is 0 Å². The predicted molar refractivity (Wildman–Crippen MR) is 91.1 cm³/mol. The summed E-state index contributed by atoms with van der Waals surface area (Å²) in [4.78, 5) is 28.4. The number of piperazine rings is 1. The van der Waals surface area contributed by atoms with Crippen LogP contribution < -0.4 is 10.6 Å². The van der Waals surface area contributed by atoms with Crippen molar-refractivity contribution in [3.05, 3.63) is 12.7 Å². The first-order chi connectivity index (χ1) is 11.1. The van der Waals surface area contributed by atoms with Crippen LogP contribution in [0.5, 0.6) is 0 Å². The van der Waals surface area contributed by atoms with Crippen LogP contribution in [0, 0.1) is 0 Å². The number of amides is 2. The molecule has 6 heteroatoms. The van der Waals surface area contributed by atoms with Gasteiger partial charge in [0.2, 0.25) is 11.8 Å². The maximum Gasteiger partial charge on any atom is 0.237 e. The van der Waals surface area contributed by atoms with Gasteiger partial charge in [0.25, 0.3) is 0 Å². The molecule has 1 aliphatic carbocycles. The molecule has 2 N–H and O–H groups in total. The first kappa shape index (κ1) is 17.9. The van der Waals surface area contributed by atoms with Crippen LogP contribution in [-0.2, 0) is 9.59 Å². The lowest BCUT2D eigenvalue weighted by atomic mass is 10.2. The second-order valence-electron chi connectivity index (χ2n) is 6.57. The van der Waals surface area contributed by atoms with E-state index in [0.29, 0.717) is 19.1 Å². The highest BCUT2D eigenvalue weighted by molar-refractivity contribution is 5.81. The largest absolute Gasteiger partial charge is 0.352 e. The first-order valence-corrected chi connectivity index (χ1v) is 8.74. The molecule has 2 amide bonds. The molecule has 0 aromatic rings. The summed E-state index contributed by atoms with van der Waals surface area (Å²) in [6, 6.07) is 0.284. The first-order valence-electron chi connectivity index (χ1n) is 8.74. The van der Waals surface area contributed by atoms with Gasteiger partial charge in [0.1, 0.15) is 0 Å². The minimum atomic E-state index is -0.0904. The lowest BCUT2D eigenvalue weighted by molar-refractivity contribution is -0.128. The van der Waals surface area contributed by atoms with Crippen LogP contribution in [0.15, 0.2) is 12.7 Å². The number of carbonyl (C=O) groups excluding carboxylic acids is 2. The molecule has 6 nitrogen and oxygen atoms in total. The molecule has 2 rings (SSSR count). The van der Waals surface area contributed by atoms with Crippen molar-refractivity contribution in [1.82, 2.24) is 20.4 Å². The fourth-order valence-electron chi connectivity index (χ4n) is 3.31. The van der Waals surface area contributed by atoms with Gasteiger partial charge in [-0.3, -0.25) is 19.4 Å². The van der Waals surface area contributed by atoms with Gasteiger partial charge in [-0.25, -0.2) is 0 Å². The van der Waals surface area contributed by atoms with E-state index in [0.717, 1.165) is 39.0 Å². The fraction of sp³-hybridized carbons (Fsp3) is 0.765. The molecule has 130 valence electrons. The molecule has 2 aliphatic rings. The number of rotatable bonds is 7. The summed E-state index contributed by atoms with van der Waals surface area (Å²) >= 11 is 0. The summed E-state index contributed by atoms with van der Waals surface area (Å²) < 4.78 is 0. The molecule has 1 saturated heterocycles. The molecular weight excluding hydrogens is 292 g/mol. The van der Waals surface area contributed by atoms with Crippen LogP contribution in [0.4, 0.5) is 0 Å². The number of carbonyl (C=O) groups is 2. The van der Waals surface area contributed by atoms with Crippen molar-refractivity contribution in [2.75, 3.05) is 39.3 Å². The molecular formula is C17H30N4O2. The Labute approximate surface area is 139 Å². The van der Waals surface area contributed by atoms with Gasteiger partial charge >= 0.3 is 0 Å². The molecule has 0 aromatic carbocycles. The van der Waals surface area contributed by atoms with Gasteiger partial charge in [-0.05, 0) is 19.8 Å². The highest BCUT2D eigenvalue weighted by atomic mass is 16.2. The normalized spacial score (nSPS) is 21.8. The third kappa shape index (κ3) is 5.62. The summed E-state index contributed by atoms with van der Waals surface area (Å²) in [5.41, 5.74) is 0. The SMILES string of the molecule is C=CCNC(=O)CN1CCN(C(C)C(=O)NC2CCCC2)CC1. The van der Waals surface area contributed by atoms with Gasteiger partial charge in [-0.15, -0.1) is 6.58 Å². The van der Waals surface area contributed by atoms with Crippen molar-refractivity contribution >= 4 is 11.8 Å². The van der Waals surface area contributed by atoms with E-state index in [1.165, 1.54) is 12.8 Å². The van der Waals surface area contributed by atoms with Gasteiger partial charge < -0.3 is 10.6 Å². The molecule has 1 heterocycles. The molecule has 0 bridgehead atoms. The minimum Gasteiger partial charge on any atom is -0.352 e. The van der Waals surface area contributed by atoms with Crippen LogP contribution in [0.2, 0.25) is 0 Å². The summed E-state index contributed by atoms with van der Waals surface area (Å²) in [6.07, 6.45) is 6.37. The average molecular weight is 322 g/mol. The summed E-state index contributed by atoms with van der Waals surface area (Å²) in [5.74, 6) is 0.180. The topological polar surface area (TPSA) is 64.7 Å². The van der Waals surface area contributed by atoms with Crippen LogP contribution in [0.25, 0.3) is 0 Å². The van der Waals surface area contributed by atoms with Gasteiger partial charge in [0.15, 0.2) is 0 Å². The standard InChI is InChI=1S/C17H30N4O2/c1-3-8-18-16(22)13-20-9-11-21(12-10-20)14(2)17(23)19-15-6-4-5-7-15/h3,14-15H,1,4-13H2,2H3,(H,18,22)(H,19,23). The smallest absolute Gasteiger partial charge is 0.237 e. The van der Waals surface area contributed by atoms with E-state index >= 15 is 0 Å². The Kier molecular flexibility index (Phi) is 7.05. The van der Waals surface area contributed by atoms with E-state index < -0.39 is 0 Å². The zero-order valence-electron chi connectivity index (χ0n) is 14.2. The Bertz CT molecular complexity index is 413. The average Bonchev–Trinajstić information content (AvgIpc) is 3.06. The Morgan fingerprint density at radius 1 is 1.22 bits per heavy atom. The molecule has 0 aromatic heterocycles. The van der Waals surface area contributed by atoms with E-state index in [-0.39, 0.29) is 17.9 Å². The van der Waals surface area contributed by atoms with Crippen molar-refractivity contribution in [3.8, 4) is 0 Å². The lowest BCUT2D eigenvalue weighted by Crippen LogP contribution is -2.55. The third-order valence-electron chi connectivity index (χ3n) is 4.85. The monoisotopic (exact) mass is 322 g/mol. The highest BCUT2D eigenvalue weighted by Crippen LogP contribution is 2.18. The van der Waals surface area contributed by atoms with E-state index in [4.69, 9.17) is 0 Å². The molecule has 0 radical (unpaired) electrons. The van der Waals surface area contributed by atoms with Crippen molar-refractivity contribution in [3.63, 3.8) is 0 Å². The number of hydrogen-bond acceptors (Lipinski definition) is 4. The van der Waals surface area contributed by atoms with Crippen LogP contribution in [-0.4, -0.2) is 73.0 Å². The second kappa shape index (κ2) is 9.03. The Morgan fingerprint density at radius 3 is 2.48 bits per heavy atom. The second-order valence-corrected chi connectivity index (χ2v) is 6.57. The molecule has 1 atom stereocenters. The summed E-state index contributed by atoms with van der Waals surface area (Å²) in [5, 5.41) is 5.97. The molecule has 23 heavy (non-hydrogen) atoms. The van der Waals surface area contributed by atoms with E-state index in [9.17, 15) is 9.59 Å². The zero-order valence-corrected chi connectivity index (χ0v) is 14.2. The Morgan fingerprint density at radius 2 is 1.87 bits per heavy atom. The highest BCUT2D eigenvalue weighted by Gasteiger charge is 2.28. The van der Waals surface area contributed by atoms with E-state index in [2.05, 4.69) is 27.0 Å². The maximum absolute atomic E-state index is 12.3. The van der Waals surface area contributed by atoms with Crippen molar-refractivity contribution in [2.45, 2.75) is 44.7 Å². The van der Waals surface area contributed by atoms with Crippen LogP contribution >= 0.6 is 0 Å². The Balaban J connectivity index is 1.69. The maximum atomic E-state index is 12.3. The molecule has 1 aliphatic heterocycles. The number of hydrogen-bond donors (Lipinski definition) is 2. The number of nitrogens with one attached hydrogen (secondary N) is 2.